The Morgan fingerprint density at radius 3 is 2.71 bits per heavy atom. The Labute approximate surface area is 126 Å². The third kappa shape index (κ3) is 7.34. The number of hydrogen-bond donors (Lipinski definition) is 1. The highest BCUT2D eigenvalue weighted by molar-refractivity contribution is 6.30. The van der Waals surface area contributed by atoms with Crippen LogP contribution in [0.5, 0.6) is 0 Å². The van der Waals surface area contributed by atoms with Gasteiger partial charge in [0.2, 0.25) is 5.91 Å². The summed E-state index contributed by atoms with van der Waals surface area (Å²) >= 11 is 5.89. The molecule has 21 heavy (non-hydrogen) atoms. The first-order valence-electron chi connectivity index (χ1n) is 6.51. The summed E-state index contributed by atoms with van der Waals surface area (Å²) in [6, 6.07) is 6.86. The standard InChI is InChI=1S/C14H17ClF3NO2/c1-2-12(10-4-3-5-11(15)8-10)19-13(20)6-7-21-9-14(16,17)18/h3-5,8,12H,2,6-7,9H2,1H3,(H,19,20). The molecule has 1 aromatic carbocycles. The lowest BCUT2D eigenvalue weighted by Gasteiger charge is -2.18. The Kier molecular flexibility index (Phi) is 6.98. The summed E-state index contributed by atoms with van der Waals surface area (Å²) in [5.74, 6) is -0.357. The molecule has 0 heterocycles. The van der Waals surface area contributed by atoms with Crippen molar-refractivity contribution in [1.82, 2.24) is 5.32 Å². The molecule has 118 valence electrons. The van der Waals surface area contributed by atoms with Crippen molar-refractivity contribution in [3.63, 3.8) is 0 Å². The van der Waals surface area contributed by atoms with E-state index in [2.05, 4.69) is 10.1 Å². The third-order valence-electron chi connectivity index (χ3n) is 2.73. The van der Waals surface area contributed by atoms with Crippen molar-refractivity contribution in [2.24, 2.45) is 0 Å². The van der Waals surface area contributed by atoms with E-state index in [1.54, 1.807) is 18.2 Å². The fourth-order valence-electron chi connectivity index (χ4n) is 1.76. The van der Waals surface area contributed by atoms with E-state index in [1.165, 1.54) is 0 Å². The molecular formula is C14H17ClF3NO2. The van der Waals surface area contributed by atoms with E-state index >= 15 is 0 Å². The summed E-state index contributed by atoms with van der Waals surface area (Å²) in [6.07, 6.45) is -3.84. The Morgan fingerprint density at radius 1 is 1.43 bits per heavy atom. The van der Waals surface area contributed by atoms with E-state index < -0.39 is 12.8 Å². The zero-order valence-electron chi connectivity index (χ0n) is 11.5. The van der Waals surface area contributed by atoms with Crippen LogP contribution in [0.25, 0.3) is 0 Å². The van der Waals surface area contributed by atoms with Gasteiger partial charge in [0.15, 0.2) is 0 Å². The summed E-state index contributed by atoms with van der Waals surface area (Å²) in [7, 11) is 0. The largest absolute Gasteiger partial charge is 0.411 e. The summed E-state index contributed by atoms with van der Waals surface area (Å²) in [6.45, 7) is 0.287. The third-order valence-corrected chi connectivity index (χ3v) is 2.97. The smallest absolute Gasteiger partial charge is 0.372 e. The van der Waals surface area contributed by atoms with E-state index in [4.69, 9.17) is 11.6 Å². The average molecular weight is 324 g/mol. The van der Waals surface area contributed by atoms with Crippen LogP contribution >= 0.6 is 11.6 Å². The van der Waals surface area contributed by atoms with E-state index in [9.17, 15) is 18.0 Å². The molecule has 3 nitrogen and oxygen atoms in total. The lowest BCUT2D eigenvalue weighted by molar-refractivity contribution is -0.174. The van der Waals surface area contributed by atoms with Gasteiger partial charge in [-0.1, -0.05) is 30.7 Å². The molecule has 1 unspecified atom stereocenters. The maximum Gasteiger partial charge on any atom is 0.411 e. The van der Waals surface area contributed by atoms with Crippen LogP contribution in [0.1, 0.15) is 31.4 Å². The molecule has 0 saturated carbocycles. The minimum absolute atomic E-state index is 0.118. The van der Waals surface area contributed by atoms with Crippen molar-refractivity contribution in [3.8, 4) is 0 Å². The molecule has 0 aliphatic rings. The first-order chi connectivity index (χ1) is 9.81. The molecule has 1 atom stereocenters. The quantitative estimate of drug-likeness (QED) is 0.773. The molecule has 0 spiro atoms. The number of alkyl halides is 3. The van der Waals surface area contributed by atoms with Crippen molar-refractivity contribution < 1.29 is 22.7 Å². The minimum atomic E-state index is -4.37. The van der Waals surface area contributed by atoms with E-state index in [-0.39, 0.29) is 25.0 Å². The van der Waals surface area contributed by atoms with Gasteiger partial charge in [-0.2, -0.15) is 13.2 Å². The highest BCUT2D eigenvalue weighted by atomic mass is 35.5. The lowest BCUT2D eigenvalue weighted by Crippen LogP contribution is -2.29. The number of rotatable bonds is 7. The van der Waals surface area contributed by atoms with Crippen molar-refractivity contribution >= 4 is 17.5 Å². The highest BCUT2D eigenvalue weighted by Gasteiger charge is 2.27. The molecule has 1 rings (SSSR count). The number of halogens is 4. The Balaban J connectivity index is 2.41. The van der Waals surface area contributed by atoms with Crippen LogP contribution in [-0.2, 0) is 9.53 Å². The monoisotopic (exact) mass is 323 g/mol. The SMILES string of the molecule is CCC(NC(=O)CCOCC(F)(F)F)c1cccc(Cl)c1. The van der Waals surface area contributed by atoms with Gasteiger partial charge >= 0.3 is 6.18 Å². The van der Waals surface area contributed by atoms with Gasteiger partial charge in [-0.25, -0.2) is 0 Å². The van der Waals surface area contributed by atoms with Gasteiger partial charge in [-0.3, -0.25) is 4.79 Å². The Hall–Kier alpha value is -1.27. The zero-order chi connectivity index (χ0) is 15.9. The molecule has 0 radical (unpaired) electrons. The van der Waals surface area contributed by atoms with Gasteiger partial charge in [-0.05, 0) is 24.1 Å². The molecule has 7 heteroatoms. The van der Waals surface area contributed by atoms with Crippen LogP contribution in [0.3, 0.4) is 0 Å². The topological polar surface area (TPSA) is 38.3 Å². The van der Waals surface area contributed by atoms with Crippen molar-refractivity contribution in [1.29, 1.82) is 0 Å². The Bertz CT molecular complexity index is 466. The van der Waals surface area contributed by atoms with Crippen LogP contribution in [-0.4, -0.2) is 25.3 Å². The number of benzene rings is 1. The minimum Gasteiger partial charge on any atom is -0.372 e. The zero-order valence-corrected chi connectivity index (χ0v) is 12.3. The molecule has 0 bridgehead atoms. The summed E-state index contributed by atoms with van der Waals surface area (Å²) < 4.78 is 40.0. The molecule has 0 aliphatic carbocycles. The van der Waals surface area contributed by atoms with E-state index in [1.807, 2.05) is 13.0 Å². The molecule has 0 aliphatic heterocycles. The van der Waals surface area contributed by atoms with Crippen LogP contribution in [0.2, 0.25) is 5.02 Å². The number of amides is 1. The van der Waals surface area contributed by atoms with Gasteiger partial charge in [-0.15, -0.1) is 0 Å². The second-order valence-corrected chi connectivity index (χ2v) is 4.94. The van der Waals surface area contributed by atoms with E-state index in [0.717, 1.165) is 5.56 Å². The molecule has 1 aromatic rings. The normalized spacial score (nSPS) is 13.0. The van der Waals surface area contributed by atoms with Gasteiger partial charge in [0.05, 0.1) is 12.6 Å². The summed E-state index contributed by atoms with van der Waals surface area (Å²) in [5.41, 5.74) is 0.856. The molecule has 0 fully saturated rings. The Morgan fingerprint density at radius 2 is 2.14 bits per heavy atom. The van der Waals surface area contributed by atoms with Crippen LogP contribution in [0.4, 0.5) is 13.2 Å². The fraction of sp³-hybridized carbons (Fsp3) is 0.500. The number of ether oxygens (including phenoxy) is 1. The number of carbonyl (C=O) groups excluding carboxylic acids is 1. The molecule has 0 saturated heterocycles. The predicted octanol–water partition coefficient (Wildman–Crippen LogP) is 3.88. The van der Waals surface area contributed by atoms with Crippen molar-refractivity contribution in [2.45, 2.75) is 32.0 Å². The molecule has 0 aromatic heterocycles. The first kappa shape index (κ1) is 17.8. The van der Waals surface area contributed by atoms with Crippen LogP contribution in [0, 0.1) is 0 Å². The maximum absolute atomic E-state index is 11.9. The van der Waals surface area contributed by atoms with Crippen molar-refractivity contribution in [2.75, 3.05) is 13.2 Å². The highest BCUT2D eigenvalue weighted by Crippen LogP contribution is 2.20. The maximum atomic E-state index is 11.9. The first-order valence-corrected chi connectivity index (χ1v) is 6.89. The van der Waals surface area contributed by atoms with Crippen LogP contribution < -0.4 is 5.32 Å². The average Bonchev–Trinajstić information content (AvgIpc) is 2.40. The molecular weight excluding hydrogens is 307 g/mol. The number of hydrogen-bond acceptors (Lipinski definition) is 2. The molecule has 1 N–H and O–H groups in total. The summed E-state index contributed by atoms with van der Waals surface area (Å²) in [5, 5.41) is 3.31. The van der Waals surface area contributed by atoms with Gasteiger partial charge in [0, 0.05) is 11.4 Å². The fourth-order valence-corrected chi connectivity index (χ4v) is 1.96. The van der Waals surface area contributed by atoms with Gasteiger partial charge < -0.3 is 10.1 Å². The number of carbonyl (C=O) groups is 1. The molecule has 1 amide bonds. The van der Waals surface area contributed by atoms with Crippen molar-refractivity contribution in [3.05, 3.63) is 34.9 Å². The van der Waals surface area contributed by atoms with Gasteiger partial charge in [0.25, 0.3) is 0 Å². The second kappa shape index (κ2) is 8.24. The predicted molar refractivity (Wildman–Crippen MR) is 74.1 cm³/mol. The second-order valence-electron chi connectivity index (χ2n) is 4.50. The number of nitrogens with one attached hydrogen (secondary N) is 1. The summed E-state index contributed by atoms with van der Waals surface area (Å²) in [4.78, 5) is 11.7. The van der Waals surface area contributed by atoms with Gasteiger partial charge in [0.1, 0.15) is 6.61 Å². The lowest BCUT2D eigenvalue weighted by atomic mass is 10.0. The van der Waals surface area contributed by atoms with E-state index in [0.29, 0.717) is 11.4 Å². The van der Waals surface area contributed by atoms with Crippen LogP contribution in [0.15, 0.2) is 24.3 Å².